The number of nitrogens with zero attached hydrogens (tertiary/aromatic N) is 2. The van der Waals surface area contributed by atoms with Crippen molar-refractivity contribution >= 4 is 11.8 Å². The van der Waals surface area contributed by atoms with Crippen molar-refractivity contribution < 1.29 is 0 Å². The van der Waals surface area contributed by atoms with Gasteiger partial charge in [0.15, 0.2) is 0 Å². The summed E-state index contributed by atoms with van der Waals surface area (Å²) >= 11 is 1.54. The first-order valence-electron chi connectivity index (χ1n) is 4.90. The van der Waals surface area contributed by atoms with Crippen molar-refractivity contribution in [3.8, 4) is 11.3 Å². The Labute approximate surface area is 98.1 Å². The van der Waals surface area contributed by atoms with E-state index >= 15 is 0 Å². The molecular formula is C12H12N2OS. The highest BCUT2D eigenvalue weighted by Gasteiger charge is 2.08. The maximum atomic E-state index is 11.5. The van der Waals surface area contributed by atoms with Gasteiger partial charge in [-0.05, 0) is 6.26 Å². The molecule has 2 aromatic rings. The molecule has 0 aliphatic heterocycles. The monoisotopic (exact) mass is 232 g/mol. The fraction of sp³-hybridized carbons (Fsp3) is 0.167. The van der Waals surface area contributed by atoms with Crippen molar-refractivity contribution in [3.05, 3.63) is 46.8 Å². The van der Waals surface area contributed by atoms with E-state index in [1.807, 2.05) is 36.6 Å². The minimum atomic E-state index is -0.0796. The molecular weight excluding hydrogens is 220 g/mol. The van der Waals surface area contributed by atoms with Crippen molar-refractivity contribution in [2.24, 2.45) is 7.05 Å². The summed E-state index contributed by atoms with van der Waals surface area (Å²) in [5.74, 6) is 0. The molecule has 82 valence electrons. The predicted octanol–water partition coefficient (Wildman–Crippen LogP) is 2.17. The molecule has 3 nitrogen and oxygen atoms in total. The third kappa shape index (κ3) is 2.02. The maximum Gasteiger partial charge on any atom is 0.267 e. The topological polar surface area (TPSA) is 34.9 Å². The highest BCUT2D eigenvalue weighted by molar-refractivity contribution is 7.98. The lowest BCUT2D eigenvalue weighted by Gasteiger charge is -2.07. The normalized spacial score (nSPS) is 10.4. The lowest BCUT2D eigenvalue weighted by molar-refractivity contribution is 0.702. The number of rotatable bonds is 2. The summed E-state index contributed by atoms with van der Waals surface area (Å²) in [5.41, 5.74) is 1.81. The zero-order valence-electron chi connectivity index (χ0n) is 9.18. The number of hydrogen-bond donors (Lipinski definition) is 0. The molecule has 1 heterocycles. The predicted molar refractivity (Wildman–Crippen MR) is 66.7 cm³/mol. The standard InChI is InChI=1S/C12H12N2OS/c1-14-11(15)8-10(16-2)12(13-14)9-6-4-3-5-7-9/h3-8H,1-2H3. The summed E-state index contributed by atoms with van der Waals surface area (Å²) in [5, 5.41) is 4.30. The van der Waals surface area contributed by atoms with Crippen LogP contribution in [-0.4, -0.2) is 16.0 Å². The molecule has 0 radical (unpaired) electrons. The van der Waals surface area contributed by atoms with Crippen molar-refractivity contribution in [1.82, 2.24) is 9.78 Å². The van der Waals surface area contributed by atoms with Gasteiger partial charge in [-0.2, -0.15) is 5.10 Å². The van der Waals surface area contributed by atoms with E-state index in [-0.39, 0.29) is 5.56 Å². The number of aromatic nitrogens is 2. The summed E-state index contributed by atoms with van der Waals surface area (Å²) in [7, 11) is 1.67. The van der Waals surface area contributed by atoms with E-state index in [9.17, 15) is 4.79 Å². The van der Waals surface area contributed by atoms with E-state index in [0.29, 0.717) is 0 Å². The van der Waals surface area contributed by atoms with Crippen LogP contribution in [0.25, 0.3) is 11.3 Å². The maximum absolute atomic E-state index is 11.5. The van der Waals surface area contributed by atoms with Gasteiger partial charge in [0, 0.05) is 23.6 Å². The van der Waals surface area contributed by atoms with E-state index in [1.54, 1.807) is 13.1 Å². The highest BCUT2D eigenvalue weighted by atomic mass is 32.2. The van der Waals surface area contributed by atoms with Gasteiger partial charge in [-0.3, -0.25) is 4.79 Å². The number of hydrogen-bond acceptors (Lipinski definition) is 3. The van der Waals surface area contributed by atoms with Gasteiger partial charge in [0.1, 0.15) is 5.69 Å². The largest absolute Gasteiger partial charge is 0.268 e. The molecule has 0 fully saturated rings. The average Bonchev–Trinajstić information content (AvgIpc) is 2.33. The molecule has 1 aromatic heterocycles. The summed E-state index contributed by atoms with van der Waals surface area (Å²) < 4.78 is 1.36. The zero-order chi connectivity index (χ0) is 11.5. The molecule has 0 aliphatic carbocycles. The van der Waals surface area contributed by atoms with Gasteiger partial charge in [0.2, 0.25) is 0 Å². The summed E-state index contributed by atoms with van der Waals surface area (Å²) in [6.45, 7) is 0. The fourth-order valence-electron chi connectivity index (χ4n) is 1.47. The molecule has 0 N–H and O–H groups in total. The van der Waals surface area contributed by atoms with Crippen LogP contribution in [0.1, 0.15) is 0 Å². The lowest BCUT2D eigenvalue weighted by Crippen LogP contribution is -2.19. The minimum absolute atomic E-state index is 0.0796. The van der Waals surface area contributed by atoms with Gasteiger partial charge < -0.3 is 0 Å². The molecule has 0 saturated heterocycles. The Morgan fingerprint density at radius 2 is 1.94 bits per heavy atom. The quantitative estimate of drug-likeness (QED) is 0.744. The molecule has 0 atom stereocenters. The Kier molecular flexibility index (Phi) is 3.10. The van der Waals surface area contributed by atoms with Crippen molar-refractivity contribution in [1.29, 1.82) is 0 Å². The van der Waals surface area contributed by atoms with Gasteiger partial charge in [-0.15, -0.1) is 11.8 Å². The molecule has 2 rings (SSSR count). The van der Waals surface area contributed by atoms with Crippen LogP contribution in [0.2, 0.25) is 0 Å². The minimum Gasteiger partial charge on any atom is -0.268 e. The van der Waals surface area contributed by atoms with Crippen LogP contribution < -0.4 is 5.56 Å². The fourth-order valence-corrected chi connectivity index (χ4v) is 2.04. The average molecular weight is 232 g/mol. The van der Waals surface area contributed by atoms with Crippen LogP contribution in [0.4, 0.5) is 0 Å². The van der Waals surface area contributed by atoms with Crippen molar-refractivity contribution in [2.75, 3.05) is 6.26 Å². The van der Waals surface area contributed by atoms with Gasteiger partial charge in [-0.25, -0.2) is 4.68 Å². The van der Waals surface area contributed by atoms with Crippen molar-refractivity contribution in [3.63, 3.8) is 0 Å². The lowest BCUT2D eigenvalue weighted by atomic mass is 10.1. The van der Waals surface area contributed by atoms with Crippen LogP contribution in [0.3, 0.4) is 0 Å². The third-order valence-electron chi connectivity index (χ3n) is 2.32. The smallest absolute Gasteiger partial charge is 0.267 e. The SMILES string of the molecule is CSc1cc(=O)n(C)nc1-c1ccccc1. The Hall–Kier alpha value is -1.55. The van der Waals surface area contributed by atoms with Gasteiger partial charge in [-0.1, -0.05) is 30.3 Å². The second kappa shape index (κ2) is 4.53. The highest BCUT2D eigenvalue weighted by Crippen LogP contribution is 2.26. The zero-order valence-corrected chi connectivity index (χ0v) is 9.99. The first-order chi connectivity index (χ1) is 7.72. The Bertz CT molecular complexity index is 549. The van der Waals surface area contributed by atoms with E-state index in [2.05, 4.69) is 5.10 Å². The van der Waals surface area contributed by atoms with E-state index in [1.165, 1.54) is 16.4 Å². The number of aryl methyl sites for hydroxylation is 1. The number of thioether (sulfide) groups is 1. The number of benzene rings is 1. The van der Waals surface area contributed by atoms with Crippen molar-refractivity contribution in [2.45, 2.75) is 4.90 Å². The summed E-state index contributed by atoms with van der Waals surface area (Å²) in [4.78, 5) is 12.4. The second-order valence-electron chi connectivity index (χ2n) is 3.39. The van der Waals surface area contributed by atoms with Gasteiger partial charge in [0.05, 0.1) is 0 Å². The molecule has 0 amide bonds. The van der Waals surface area contributed by atoms with E-state index < -0.39 is 0 Å². The van der Waals surface area contributed by atoms with Gasteiger partial charge >= 0.3 is 0 Å². The van der Waals surface area contributed by atoms with E-state index in [4.69, 9.17) is 0 Å². The molecule has 0 saturated carbocycles. The first kappa shape index (κ1) is 11.0. The Morgan fingerprint density at radius 3 is 2.56 bits per heavy atom. The van der Waals surface area contributed by atoms with E-state index in [0.717, 1.165) is 16.2 Å². The third-order valence-corrected chi connectivity index (χ3v) is 3.08. The summed E-state index contributed by atoms with van der Waals surface area (Å²) in [6, 6.07) is 11.5. The molecule has 16 heavy (non-hydrogen) atoms. The van der Waals surface area contributed by atoms with Crippen LogP contribution in [-0.2, 0) is 7.05 Å². The molecule has 0 unspecified atom stereocenters. The molecule has 0 bridgehead atoms. The molecule has 0 spiro atoms. The van der Waals surface area contributed by atoms with Crippen LogP contribution in [0.5, 0.6) is 0 Å². The Balaban J connectivity index is 2.65. The molecule has 4 heteroatoms. The van der Waals surface area contributed by atoms with Gasteiger partial charge in [0.25, 0.3) is 5.56 Å². The van der Waals surface area contributed by atoms with Crippen LogP contribution in [0, 0.1) is 0 Å². The summed E-state index contributed by atoms with van der Waals surface area (Å²) in [6.07, 6.45) is 1.95. The van der Waals surface area contributed by atoms with Crippen LogP contribution in [0.15, 0.2) is 46.1 Å². The molecule has 1 aromatic carbocycles. The molecule has 0 aliphatic rings. The first-order valence-corrected chi connectivity index (χ1v) is 6.12. The Morgan fingerprint density at radius 1 is 1.25 bits per heavy atom. The van der Waals surface area contributed by atoms with Crippen LogP contribution >= 0.6 is 11.8 Å². The second-order valence-corrected chi connectivity index (χ2v) is 4.24.